The van der Waals surface area contributed by atoms with E-state index >= 15 is 0 Å². The Morgan fingerprint density at radius 2 is 0.710 bits per heavy atom. The number of carbonyl (C=O) groups excluding carboxylic acids is 3. The van der Waals surface area contributed by atoms with Crippen LogP contribution in [0.1, 0.15) is 233 Å². The first-order valence-electron chi connectivity index (χ1n) is 25.6. The zero-order valence-electron chi connectivity index (χ0n) is 40.4. The standard InChI is InChI=1S/C56H94O6/c1-4-7-10-13-16-19-22-25-27-29-31-34-37-40-43-46-49-55(58)61-52-53(51-60-54(57)48-45-42-39-36-33-30-24-21-18-15-12-9-6-3)62-56(59)50-47-44-41-38-35-32-28-26-23-20-17-14-11-8-5-2/h7-8,10-11,14,16-17,19-20,23,25,27,30,33,53H,4-6,9,12-13,15,18,21-22,24,26,28-29,31-32,34-52H2,1-3H3/b10-7-,11-8-,17-14-,19-16-,23-20-,27-25-,33-30-. The van der Waals surface area contributed by atoms with E-state index in [-0.39, 0.29) is 31.1 Å². The monoisotopic (exact) mass is 863 g/mol. The molecule has 0 saturated carbocycles. The molecule has 62 heavy (non-hydrogen) atoms. The lowest BCUT2D eigenvalue weighted by Gasteiger charge is -2.18. The fourth-order valence-corrected chi connectivity index (χ4v) is 6.86. The second-order valence-electron chi connectivity index (χ2n) is 16.7. The fraction of sp³-hybridized carbons (Fsp3) is 0.696. The molecule has 0 spiro atoms. The van der Waals surface area contributed by atoms with E-state index in [1.807, 2.05) is 0 Å². The topological polar surface area (TPSA) is 78.9 Å². The maximum absolute atomic E-state index is 12.8. The summed E-state index contributed by atoms with van der Waals surface area (Å²) in [4.78, 5) is 38.0. The lowest BCUT2D eigenvalue weighted by atomic mass is 10.1. The second kappa shape index (κ2) is 50.2. The highest BCUT2D eigenvalue weighted by Crippen LogP contribution is 2.14. The zero-order valence-corrected chi connectivity index (χ0v) is 40.4. The normalized spacial score (nSPS) is 12.8. The highest BCUT2D eigenvalue weighted by Gasteiger charge is 2.19. The van der Waals surface area contributed by atoms with Gasteiger partial charge < -0.3 is 14.2 Å². The first kappa shape index (κ1) is 58.6. The van der Waals surface area contributed by atoms with Gasteiger partial charge in [0.2, 0.25) is 0 Å². The van der Waals surface area contributed by atoms with E-state index in [4.69, 9.17) is 14.2 Å². The molecule has 0 saturated heterocycles. The van der Waals surface area contributed by atoms with Crippen LogP contribution in [0, 0.1) is 0 Å². The van der Waals surface area contributed by atoms with E-state index in [2.05, 4.69) is 106 Å². The minimum absolute atomic E-state index is 0.0937. The predicted molar refractivity (Wildman–Crippen MR) is 265 cm³/mol. The molecule has 0 fully saturated rings. The number of hydrogen-bond donors (Lipinski definition) is 0. The van der Waals surface area contributed by atoms with Gasteiger partial charge in [-0.2, -0.15) is 0 Å². The molecule has 0 aromatic heterocycles. The SMILES string of the molecule is CC\C=C/C=C\C=C/CCCCCCCCCC(=O)OC(COC(=O)CCCCC/C=C\CCCCCCCC)COC(=O)CCCCCCCC/C=C\C/C=C\C/C=C\CC. The van der Waals surface area contributed by atoms with Crippen molar-refractivity contribution in [2.45, 2.75) is 239 Å². The van der Waals surface area contributed by atoms with Gasteiger partial charge in [0.25, 0.3) is 0 Å². The zero-order chi connectivity index (χ0) is 45.1. The number of carbonyl (C=O) groups is 3. The summed E-state index contributed by atoms with van der Waals surface area (Å²) in [5, 5.41) is 0. The summed E-state index contributed by atoms with van der Waals surface area (Å²) >= 11 is 0. The van der Waals surface area contributed by atoms with Crippen LogP contribution in [0.25, 0.3) is 0 Å². The fourth-order valence-electron chi connectivity index (χ4n) is 6.86. The van der Waals surface area contributed by atoms with Crippen molar-refractivity contribution in [3.8, 4) is 0 Å². The average Bonchev–Trinajstić information content (AvgIpc) is 3.27. The van der Waals surface area contributed by atoms with Crippen molar-refractivity contribution < 1.29 is 28.6 Å². The summed E-state index contributed by atoms with van der Waals surface area (Å²) in [7, 11) is 0. The molecule has 6 nitrogen and oxygen atoms in total. The molecule has 0 N–H and O–H groups in total. The van der Waals surface area contributed by atoms with Crippen LogP contribution in [0.3, 0.4) is 0 Å². The van der Waals surface area contributed by atoms with Gasteiger partial charge in [-0.25, -0.2) is 0 Å². The van der Waals surface area contributed by atoms with Gasteiger partial charge in [-0.15, -0.1) is 0 Å². The molecule has 0 aliphatic heterocycles. The van der Waals surface area contributed by atoms with Crippen LogP contribution in [0.5, 0.6) is 0 Å². The highest BCUT2D eigenvalue weighted by molar-refractivity contribution is 5.71. The number of ether oxygens (including phenoxy) is 3. The van der Waals surface area contributed by atoms with Gasteiger partial charge in [-0.3, -0.25) is 14.4 Å². The molecule has 6 heteroatoms. The number of unbranched alkanes of at least 4 members (excludes halogenated alkanes) is 22. The van der Waals surface area contributed by atoms with Crippen molar-refractivity contribution in [2.24, 2.45) is 0 Å². The Balaban J connectivity index is 4.45. The molecule has 0 aliphatic rings. The van der Waals surface area contributed by atoms with Gasteiger partial charge >= 0.3 is 17.9 Å². The molecule has 1 unspecified atom stereocenters. The number of allylic oxidation sites excluding steroid dienone is 14. The van der Waals surface area contributed by atoms with Gasteiger partial charge in [0.05, 0.1) is 0 Å². The van der Waals surface area contributed by atoms with E-state index < -0.39 is 6.10 Å². The smallest absolute Gasteiger partial charge is 0.306 e. The molecule has 0 aromatic rings. The third-order valence-electron chi connectivity index (χ3n) is 10.7. The van der Waals surface area contributed by atoms with Gasteiger partial charge in [0.1, 0.15) is 13.2 Å². The quantitative estimate of drug-likeness (QED) is 0.0199. The lowest BCUT2D eigenvalue weighted by Crippen LogP contribution is -2.30. The van der Waals surface area contributed by atoms with Crippen LogP contribution >= 0.6 is 0 Å². The first-order valence-corrected chi connectivity index (χ1v) is 25.6. The van der Waals surface area contributed by atoms with E-state index in [9.17, 15) is 14.4 Å². The Hall–Kier alpha value is -3.41. The predicted octanol–water partition coefficient (Wildman–Crippen LogP) is 16.8. The first-order chi connectivity index (χ1) is 30.5. The van der Waals surface area contributed by atoms with Crippen LogP contribution in [0.15, 0.2) is 85.1 Å². The summed E-state index contributed by atoms with van der Waals surface area (Å²) in [5.41, 5.74) is 0. The van der Waals surface area contributed by atoms with E-state index in [1.165, 1.54) is 83.5 Å². The summed E-state index contributed by atoms with van der Waals surface area (Å²) < 4.78 is 16.8. The summed E-state index contributed by atoms with van der Waals surface area (Å²) in [6.45, 7) is 6.35. The number of rotatable bonds is 45. The van der Waals surface area contributed by atoms with Crippen LogP contribution in [-0.2, 0) is 28.6 Å². The maximum atomic E-state index is 12.8. The molecular weight excluding hydrogens is 769 g/mol. The number of hydrogen-bond acceptors (Lipinski definition) is 6. The molecule has 0 heterocycles. The van der Waals surface area contributed by atoms with Crippen LogP contribution in [-0.4, -0.2) is 37.2 Å². The van der Waals surface area contributed by atoms with Crippen LogP contribution in [0.2, 0.25) is 0 Å². The van der Waals surface area contributed by atoms with Crippen LogP contribution in [0.4, 0.5) is 0 Å². The molecule has 1 atom stereocenters. The maximum Gasteiger partial charge on any atom is 0.306 e. The lowest BCUT2D eigenvalue weighted by molar-refractivity contribution is -0.167. The molecule has 0 radical (unpaired) electrons. The molecule has 0 bridgehead atoms. The van der Waals surface area contributed by atoms with E-state index in [0.29, 0.717) is 19.3 Å². The van der Waals surface area contributed by atoms with Gasteiger partial charge in [0, 0.05) is 19.3 Å². The summed E-state index contributed by atoms with van der Waals surface area (Å²) in [6, 6.07) is 0. The van der Waals surface area contributed by atoms with Crippen molar-refractivity contribution >= 4 is 17.9 Å². The Morgan fingerprint density at radius 3 is 1.19 bits per heavy atom. The third kappa shape index (κ3) is 47.6. The average molecular weight is 863 g/mol. The van der Waals surface area contributed by atoms with E-state index in [1.54, 1.807) is 0 Å². The molecule has 0 aliphatic carbocycles. The minimum atomic E-state index is -0.794. The Morgan fingerprint density at radius 1 is 0.355 bits per heavy atom. The van der Waals surface area contributed by atoms with Gasteiger partial charge in [0.15, 0.2) is 6.10 Å². The van der Waals surface area contributed by atoms with Gasteiger partial charge in [-0.05, 0) is 96.3 Å². The minimum Gasteiger partial charge on any atom is -0.462 e. The highest BCUT2D eigenvalue weighted by atomic mass is 16.6. The molecule has 354 valence electrons. The third-order valence-corrected chi connectivity index (χ3v) is 10.7. The van der Waals surface area contributed by atoms with E-state index in [0.717, 1.165) is 109 Å². The molecule has 0 amide bonds. The summed E-state index contributed by atoms with van der Waals surface area (Å²) in [6.07, 6.45) is 64.2. The molecule has 0 aromatic carbocycles. The Labute approximate surface area is 382 Å². The summed E-state index contributed by atoms with van der Waals surface area (Å²) in [5.74, 6) is -0.935. The van der Waals surface area contributed by atoms with Crippen molar-refractivity contribution in [1.82, 2.24) is 0 Å². The van der Waals surface area contributed by atoms with Crippen molar-refractivity contribution in [3.05, 3.63) is 85.1 Å². The largest absolute Gasteiger partial charge is 0.462 e. The molecular formula is C56H94O6. The van der Waals surface area contributed by atoms with Crippen molar-refractivity contribution in [2.75, 3.05) is 13.2 Å². The van der Waals surface area contributed by atoms with Crippen molar-refractivity contribution in [3.63, 3.8) is 0 Å². The Bertz CT molecular complexity index is 1220. The molecule has 0 rings (SSSR count). The number of esters is 3. The Kier molecular flexibility index (Phi) is 47.5. The second-order valence-corrected chi connectivity index (χ2v) is 16.7. The van der Waals surface area contributed by atoms with Crippen LogP contribution < -0.4 is 0 Å². The van der Waals surface area contributed by atoms with Crippen molar-refractivity contribution in [1.29, 1.82) is 0 Å². The van der Waals surface area contributed by atoms with Gasteiger partial charge in [-0.1, -0.05) is 202 Å².